The fourth-order valence-electron chi connectivity index (χ4n) is 3.23. The van der Waals surface area contributed by atoms with Gasteiger partial charge in [-0.15, -0.1) is 0 Å². The van der Waals surface area contributed by atoms with E-state index in [1.807, 2.05) is 12.1 Å². The fourth-order valence-corrected chi connectivity index (χ4v) is 3.23. The Morgan fingerprint density at radius 2 is 2.34 bits per heavy atom. The maximum absolute atomic E-state index is 11.6. The van der Waals surface area contributed by atoms with E-state index >= 15 is 0 Å². The van der Waals surface area contributed by atoms with Crippen LogP contribution in [0.2, 0.25) is 0 Å². The number of aromatic nitrogens is 1. The van der Waals surface area contributed by atoms with Crippen molar-refractivity contribution in [3.63, 3.8) is 0 Å². The molecule has 2 atom stereocenters. The van der Waals surface area contributed by atoms with Crippen molar-refractivity contribution < 1.29 is 9.53 Å². The molecule has 0 spiro atoms. The summed E-state index contributed by atoms with van der Waals surface area (Å²) in [5.41, 5.74) is 12.5. The van der Waals surface area contributed by atoms with Crippen LogP contribution in [-0.4, -0.2) is 54.0 Å². The molecule has 1 fully saturated rings. The molecular formula is C20H33N7O2. The summed E-state index contributed by atoms with van der Waals surface area (Å²) < 4.78 is 5.22. The summed E-state index contributed by atoms with van der Waals surface area (Å²) in [7, 11) is 1.78. The first-order valence-electron chi connectivity index (χ1n) is 10.1. The van der Waals surface area contributed by atoms with Gasteiger partial charge >= 0.3 is 5.97 Å². The van der Waals surface area contributed by atoms with Crippen molar-refractivity contribution >= 4 is 11.8 Å². The molecule has 0 radical (unpaired) electrons. The molecule has 1 aliphatic rings. The van der Waals surface area contributed by atoms with E-state index in [1.54, 1.807) is 32.4 Å². The lowest BCUT2D eigenvalue weighted by molar-refractivity contribution is -0.145. The molecule has 0 unspecified atom stereocenters. The summed E-state index contributed by atoms with van der Waals surface area (Å²) in [6.07, 6.45) is 9.14. The molecule has 0 aliphatic carbocycles. The largest absolute Gasteiger partial charge is 0.464 e. The number of nitrogens with zero attached hydrogens (tertiary/aromatic N) is 2. The third-order valence-corrected chi connectivity index (χ3v) is 4.75. The monoisotopic (exact) mass is 403 g/mol. The Morgan fingerprint density at radius 1 is 1.52 bits per heavy atom. The van der Waals surface area contributed by atoms with Gasteiger partial charge in [0.05, 0.1) is 6.61 Å². The van der Waals surface area contributed by atoms with E-state index in [2.05, 4.69) is 26.1 Å². The van der Waals surface area contributed by atoms with Crippen molar-refractivity contribution in [2.45, 2.75) is 51.2 Å². The molecule has 2 heterocycles. The van der Waals surface area contributed by atoms with Gasteiger partial charge in [0.1, 0.15) is 17.7 Å². The summed E-state index contributed by atoms with van der Waals surface area (Å²) in [5.74, 6) is 0.737. The number of nitrogens with one attached hydrogen (secondary N) is 4. The standard InChI is InChI=1S/C20H33N7O2/c1-15(21)20(28)29-11-8-17-7-3-4-10-27(17)18(22)12-19(26-23-2)25-14-16-6-5-9-24-13-16/h5-6,9,12-13,15,17,22-23,25-26H,3-4,7-8,10-11,14,21H2,1-2H3/b19-12-,22-18?/t15-,17+/m1/s1. The highest BCUT2D eigenvalue weighted by molar-refractivity contribution is 5.91. The van der Waals surface area contributed by atoms with Crippen molar-refractivity contribution in [2.75, 3.05) is 20.2 Å². The maximum Gasteiger partial charge on any atom is 0.322 e. The molecule has 9 heteroatoms. The van der Waals surface area contributed by atoms with Gasteiger partial charge in [-0.05, 0) is 37.8 Å². The summed E-state index contributed by atoms with van der Waals surface area (Å²) in [6, 6.07) is 3.44. The van der Waals surface area contributed by atoms with Crippen LogP contribution in [-0.2, 0) is 16.1 Å². The van der Waals surface area contributed by atoms with Gasteiger partial charge in [-0.1, -0.05) is 6.07 Å². The molecule has 1 aromatic heterocycles. The Labute approximate surface area is 172 Å². The number of nitrogens with two attached hydrogens (primary N) is 1. The minimum absolute atomic E-state index is 0.169. The SMILES string of the molecule is CNN/C(=C\C(=N)N1CCCC[C@H]1CCOC(=O)[C@@H](C)N)NCc1cccnc1. The number of rotatable bonds is 10. The second-order valence-electron chi connectivity index (χ2n) is 7.12. The van der Waals surface area contributed by atoms with Crippen molar-refractivity contribution in [3.8, 4) is 0 Å². The Hall–Kier alpha value is -2.65. The molecule has 29 heavy (non-hydrogen) atoms. The molecule has 0 bridgehead atoms. The summed E-state index contributed by atoms with van der Waals surface area (Å²) in [5, 5.41) is 11.9. The zero-order valence-corrected chi connectivity index (χ0v) is 17.3. The van der Waals surface area contributed by atoms with Crippen LogP contribution in [0.1, 0.15) is 38.2 Å². The van der Waals surface area contributed by atoms with Gasteiger partial charge in [-0.3, -0.25) is 15.2 Å². The van der Waals surface area contributed by atoms with E-state index in [4.69, 9.17) is 15.9 Å². The number of carbonyl (C=O) groups excluding carboxylic acids is 1. The smallest absolute Gasteiger partial charge is 0.322 e. The quantitative estimate of drug-likeness (QED) is 0.168. The van der Waals surface area contributed by atoms with Crippen molar-refractivity contribution in [2.24, 2.45) is 5.73 Å². The number of ether oxygens (including phenoxy) is 1. The molecule has 0 aromatic carbocycles. The second-order valence-corrected chi connectivity index (χ2v) is 7.12. The molecule has 160 valence electrons. The van der Waals surface area contributed by atoms with Crippen molar-refractivity contribution in [1.82, 2.24) is 26.1 Å². The predicted octanol–water partition coefficient (Wildman–Crippen LogP) is 0.849. The number of likely N-dealkylation sites (tertiary alicyclic amines) is 1. The van der Waals surface area contributed by atoms with Gasteiger partial charge in [-0.2, -0.15) is 0 Å². The number of hydrogen-bond acceptors (Lipinski definition) is 8. The summed E-state index contributed by atoms with van der Waals surface area (Å²) in [6.45, 7) is 3.35. The number of esters is 1. The number of carbonyl (C=O) groups is 1. The maximum atomic E-state index is 11.6. The van der Waals surface area contributed by atoms with Gasteiger partial charge in [0.25, 0.3) is 0 Å². The molecule has 1 aliphatic heterocycles. The lowest BCUT2D eigenvalue weighted by Crippen LogP contribution is -2.44. The highest BCUT2D eigenvalue weighted by Crippen LogP contribution is 2.20. The molecule has 0 amide bonds. The van der Waals surface area contributed by atoms with Gasteiger partial charge in [0, 0.05) is 51.1 Å². The Balaban J connectivity index is 1.95. The van der Waals surface area contributed by atoms with Crippen molar-refractivity contribution in [1.29, 1.82) is 5.41 Å². The normalized spacial score (nSPS) is 18.1. The summed E-state index contributed by atoms with van der Waals surface area (Å²) >= 11 is 0. The highest BCUT2D eigenvalue weighted by Gasteiger charge is 2.24. The first-order chi connectivity index (χ1) is 14.0. The topological polar surface area (TPSA) is 128 Å². The lowest BCUT2D eigenvalue weighted by atomic mass is 9.99. The first-order valence-corrected chi connectivity index (χ1v) is 10.1. The van der Waals surface area contributed by atoms with Crippen LogP contribution in [0.4, 0.5) is 0 Å². The molecule has 0 saturated carbocycles. The van der Waals surface area contributed by atoms with Crippen molar-refractivity contribution in [3.05, 3.63) is 42.0 Å². The number of hydrazine groups is 1. The minimum Gasteiger partial charge on any atom is -0.464 e. The third-order valence-electron chi connectivity index (χ3n) is 4.75. The van der Waals surface area contributed by atoms with Crippen LogP contribution >= 0.6 is 0 Å². The molecule has 9 nitrogen and oxygen atoms in total. The van der Waals surface area contributed by atoms with Crippen LogP contribution in [0.25, 0.3) is 0 Å². The van der Waals surface area contributed by atoms with Gasteiger partial charge < -0.3 is 26.1 Å². The molecule has 6 N–H and O–H groups in total. The average molecular weight is 404 g/mol. The second kappa shape index (κ2) is 12.0. The zero-order chi connectivity index (χ0) is 21.1. The van der Waals surface area contributed by atoms with E-state index in [1.165, 1.54) is 0 Å². The van der Waals surface area contributed by atoms with Gasteiger partial charge in [-0.25, -0.2) is 5.43 Å². The van der Waals surface area contributed by atoms with E-state index < -0.39 is 6.04 Å². The van der Waals surface area contributed by atoms with E-state index in [0.717, 1.165) is 31.4 Å². The van der Waals surface area contributed by atoms with Gasteiger partial charge in [0.2, 0.25) is 0 Å². The third kappa shape index (κ3) is 7.71. The van der Waals surface area contributed by atoms with E-state index in [9.17, 15) is 4.79 Å². The summed E-state index contributed by atoms with van der Waals surface area (Å²) in [4.78, 5) is 17.8. The number of hydrogen-bond donors (Lipinski definition) is 5. The highest BCUT2D eigenvalue weighted by atomic mass is 16.5. The molecule has 1 saturated heterocycles. The van der Waals surface area contributed by atoms with Crippen LogP contribution in [0.5, 0.6) is 0 Å². The fraction of sp³-hybridized carbons (Fsp3) is 0.550. The van der Waals surface area contributed by atoms with E-state index in [0.29, 0.717) is 31.2 Å². The Kier molecular flexibility index (Phi) is 9.39. The molecule has 1 aromatic rings. The van der Waals surface area contributed by atoms with E-state index in [-0.39, 0.29) is 12.0 Å². The zero-order valence-electron chi connectivity index (χ0n) is 17.3. The Morgan fingerprint density at radius 3 is 3.03 bits per heavy atom. The lowest BCUT2D eigenvalue weighted by Gasteiger charge is -2.37. The number of amidine groups is 1. The average Bonchev–Trinajstić information content (AvgIpc) is 2.73. The number of pyridine rings is 1. The predicted molar refractivity (Wildman–Crippen MR) is 113 cm³/mol. The Bertz CT molecular complexity index is 679. The van der Waals surface area contributed by atoms with Gasteiger partial charge in [0.15, 0.2) is 0 Å². The molecule has 2 rings (SSSR count). The van der Waals surface area contributed by atoms with Crippen LogP contribution < -0.4 is 21.9 Å². The van der Waals surface area contributed by atoms with Crippen LogP contribution in [0.15, 0.2) is 36.4 Å². The first kappa shape index (κ1) is 22.6. The van der Waals surface area contributed by atoms with Crippen LogP contribution in [0.3, 0.4) is 0 Å². The number of piperidine rings is 1. The molecular weight excluding hydrogens is 370 g/mol. The minimum atomic E-state index is -0.611. The van der Waals surface area contributed by atoms with Crippen LogP contribution in [0, 0.1) is 5.41 Å².